The van der Waals surface area contributed by atoms with Crippen LogP contribution >= 0.6 is 22.9 Å². The Morgan fingerprint density at radius 3 is 2.57 bits per heavy atom. The third-order valence-electron chi connectivity index (χ3n) is 3.49. The Balaban J connectivity index is 1.67. The molecule has 0 fully saturated rings. The smallest absolute Gasteiger partial charge is 0.250 e. The minimum atomic E-state index is -3.77. The lowest BCUT2D eigenvalue weighted by atomic mass is 10.2. The van der Waals surface area contributed by atoms with Crippen LogP contribution in [-0.4, -0.2) is 24.5 Å². The Labute approximate surface area is 169 Å². The summed E-state index contributed by atoms with van der Waals surface area (Å²) in [7, 11) is -3.77. The lowest BCUT2D eigenvalue weighted by molar-refractivity contribution is -0.111. The van der Waals surface area contributed by atoms with E-state index in [2.05, 4.69) is 15.5 Å². The third-order valence-corrected chi connectivity index (χ3v) is 6.81. The number of nitrogens with zero attached hydrogens (tertiary/aromatic N) is 2. The molecule has 28 heavy (non-hydrogen) atoms. The van der Waals surface area contributed by atoms with Crippen LogP contribution in [0.5, 0.6) is 0 Å². The highest BCUT2D eigenvalue weighted by atomic mass is 35.5. The van der Waals surface area contributed by atoms with Crippen molar-refractivity contribution >= 4 is 49.9 Å². The molecular weight excluding hydrogens is 425 g/mol. The fourth-order valence-corrected chi connectivity index (χ4v) is 4.69. The number of hydrogen-bond donors (Lipinski definition) is 1. The molecule has 6 nitrogen and oxygen atoms in total. The summed E-state index contributed by atoms with van der Waals surface area (Å²) in [6, 6.07) is 12.1. The molecule has 1 amide bonds. The number of amides is 1. The van der Waals surface area contributed by atoms with Crippen LogP contribution in [0.2, 0.25) is 5.02 Å². The first-order chi connectivity index (χ1) is 13.3. The average Bonchev–Trinajstić information content (AvgIpc) is 3.12. The number of hydrogen-bond acceptors (Lipinski definition) is 6. The maximum absolute atomic E-state index is 12.9. The minimum absolute atomic E-state index is 0.0477. The van der Waals surface area contributed by atoms with E-state index in [1.165, 1.54) is 36.4 Å². The second-order valence-corrected chi connectivity index (χ2v) is 9.15. The lowest BCUT2D eigenvalue weighted by Gasteiger charge is -2.00. The predicted octanol–water partition coefficient (Wildman–Crippen LogP) is 3.96. The molecule has 1 aromatic heterocycles. The highest BCUT2D eigenvalue weighted by Gasteiger charge is 2.21. The average molecular weight is 438 g/mol. The minimum Gasteiger partial charge on any atom is -0.297 e. The summed E-state index contributed by atoms with van der Waals surface area (Å²) >= 11 is 6.75. The number of benzene rings is 2. The number of nitrogens with one attached hydrogen (secondary N) is 1. The van der Waals surface area contributed by atoms with Gasteiger partial charge in [0.2, 0.25) is 25.2 Å². The monoisotopic (exact) mass is 437 g/mol. The first-order valence-electron chi connectivity index (χ1n) is 7.88. The van der Waals surface area contributed by atoms with Crippen LogP contribution in [0.15, 0.2) is 58.9 Å². The summed E-state index contributed by atoms with van der Waals surface area (Å²) < 4.78 is 37.5. The van der Waals surface area contributed by atoms with Crippen molar-refractivity contribution in [2.45, 2.75) is 10.1 Å². The summed E-state index contributed by atoms with van der Waals surface area (Å²) in [5, 5.41) is 10.3. The van der Waals surface area contributed by atoms with Crippen LogP contribution in [0.4, 0.5) is 9.52 Å². The van der Waals surface area contributed by atoms with Crippen molar-refractivity contribution in [3.05, 3.63) is 76.6 Å². The standard InChI is InChI=1S/C18H13ClFN3O3S2/c19-15-4-2-1-3-13(15)7-10-16(24)21-17-22-23-18(27-17)28(25,26)11-12-5-8-14(20)9-6-12/h1-10H,11H2,(H,21,22,24). The zero-order chi connectivity index (χ0) is 20.1. The molecule has 10 heteroatoms. The number of anilines is 1. The SMILES string of the molecule is O=C(C=Cc1ccccc1Cl)Nc1nnc(S(=O)(=O)Cc2ccc(F)cc2)s1. The molecule has 0 aliphatic rings. The van der Waals surface area contributed by atoms with Gasteiger partial charge < -0.3 is 0 Å². The van der Waals surface area contributed by atoms with Gasteiger partial charge in [-0.1, -0.05) is 53.3 Å². The summed E-state index contributed by atoms with van der Waals surface area (Å²) in [6.07, 6.45) is 2.79. The van der Waals surface area contributed by atoms with Crippen molar-refractivity contribution in [3.63, 3.8) is 0 Å². The Kier molecular flexibility index (Phi) is 6.18. The summed E-state index contributed by atoms with van der Waals surface area (Å²) in [6.45, 7) is 0. The Bertz CT molecular complexity index is 1130. The van der Waals surface area contributed by atoms with Crippen molar-refractivity contribution in [2.24, 2.45) is 0 Å². The topological polar surface area (TPSA) is 89.0 Å². The van der Waals surface area contributed by atoms with E-state index in [9.17, 15) is 17.6 Å². The molecule has 2 aromatic carbocycles. The first-order valence-corrected chi connectivity index (χ1v) is 10.7. The molecule has 144 valence electrons. The van der Waals surface area contributed by atoms with Gasteiger partial charge in [-0.15, -0.1) is 10.2 Å². The largest absolute Gasteiger partial charge is 0.297 e. The molecular formula is C18H13ClFN3O3S2. The quantitative estimate of drug-likeness (QED) is 0.465. The van der Waals surface area contributed by atoms with Gasteiger partial charge in [0, 0.05) is 11.1 Å². The number of carbonyl (C=O) groups is 1. The fraction of sp³-hybridized carbons (Fsp3) is 0.0556. The van der Waals surface area contributed by atoms with Gasteiger partial charge in [-0.2, -0.15) is 0 Å². The summed E-state index contributed by atoms with van der Waals surface area (Å²) in [5.41, 5.74) is 1.09. The molecule has 0 atom stereocenters. The van der Waals surface area contributed by atoms with Crippen LogP contribution in [0.25, 0.3) is 6.08 Å². The van der Waals surface area contributed by atoms with E-state index in [1.807, 2.05) is 0 Å². The highest BCUT2D eigenvalue weighted by Crippen LogP contribution is 2.24. The Hall–Kier alpha value is -2.62. The highest BCUT2D eigenvalue weighted by molar-refractivity contribution is 7.92. The van der Waals surface area contributed by atoms with E-state index in [4.69, 9.17) is 11.6 Å². The van der Waals surface area contributed by atoms with Gasteiger partial charge in [0.1, 0.15) is 5.82 Å². The van der Waals surface area contributed by atoms with Crippen LogP contribution in [0.3, 0.4) is 0 Å². The van der Waals surface area contributed by atoms with Crippen molar-refractivity contribution in [3.8, 4) is 0 Å². The van der Waals surface area contributed by atoms with Crippen molar-refractivity contribution in [1.29, 1.82) is 0 Å². The maximum atomic E-state index is 12.9. The molecule has 0 aliphatic carbocycles. The molecule has 3 aromatic rings. The number of carbonyl (C=O) groups excluding carboxylic acids is 1. The van der Waals surface area contributed by atoms with Gasteiger partial charge in [0.25, 0.3) is 0 Å². The molecule has 0 radical (unpaired) electrons. The van der Waals surface area contributed by atoms with Gasteiger partial charge in [0.15, 0.2) is 0 Å². The van der Waals surface area contributed by atoms with E-state index in [1.54, 1.807) is 24.3 Å². The van der Waals surface area contributed by atoms with Crippen LogP contribution in [0, 0.1) is 5.82 Å². The van der Waals surface area contributed by atoms with E-state index >= 15 is 0 Å². The number of rotatable bonds is 6. The Morgan fingerprint density at radius 2 is 1.86 bits per heavy atom. The van der Waals surface area contributed by atoms with Crippen molar-refractivity contribution in [1.82, 2.24) is 10.2 Å². The molecule has 0 saturated carbocycles. The van der Waals surface area contributed by atoms with E-state index in [-0.39, 0.29) is 15.2 Å². The molecule has 0 unspecified atom stereocenters. The van der Waals surface area contributed by atoms with Gasteiger partial charge in [-0.05, 0) is 35.4 Å². The molecule has 0 saturated heterocycles. The van der Waals surface area contributed by atoms with E-state index < -0.39 is 21.6 Å². The fourth-order valence-electron chi connectivity index (χ4n) is 2.17. The van der Waals surface area contributed by atoms with Gasteiger partial charge >= 0.3 is 0 Å². The molecule has 1 N–H and O–H groups in total. The molecule has 0 bridgehead atoms. The lowest BCUT2D eigenvalue weighted by Crippen LogP contribution is -2.07. The number of aromatic nitrogens is 2. The van der Waals surface area contributed by atoms with Crippen LogP contribution in [0.1, 0.15) is 11.1 Å². The molecule has 0 aliphatic heterocycles. The van der Waals surface area contributed by atoms with Gasteiger partial charge in [0.05, 0.1) is 5.75 Å². The second kappa shape index (κ2) is 8.59. The zero-order valence-corrected chi connectivity index (χ0v) is 16.6. The first kappa shape index (κ1) is 20.1. The Morgan fingerprint density at radius 1 is 1.14 bits per heavy atom. The maximum Gasteiger partial charge on any atom is 0.250 e. The van der Waals surface area contributed by atoms with Crippen molar-refractivity contribution in [2.75, 3.05) is 5.32 Å². The van der Waals surface area contributed by atoms with Crippen LogP contribution < -0.4 is 5.32 Å². The van der Waals surface area contributed by atoms with Gasteiger partial charge in [-0.25, -0.2) is 12.8 Å². The molecule has 0 spiro atoms. The van der Waals surface area contributed by atoms with Crippen molar-refractivity contribution < 1.29 is 17.6 Å². The molecule has 3 rings (SSSR count). The molecule has 1 heterocycles. The van der Waals surface area contributed by atoms with E-state index in [0.717, 1.165) is 11.3 Å². The zero-order valence-electron chi connectivity index (χ0n) is 14.2. The third kappa shape index (κ3) is 5.22. The summed E-state index contributed by atoms with van der Waals surface area (Å²) in [5.74, 6) is -1.30. The number of sulfone groups is 1. The van der Waals surface area contributed by atoms with Crippen LogP contribution in [-0.2, 0) is 20.4 Å². The van der Waals surface area contributed by atoms with E-state index in [0.29, 0.717) is 16.1 Å². The summed E-state index contributed by atoms with van der Waals surface area (Å²) in [4.78, 5) is 12.0. The number of halogens is 2. The predicted molar refractivity (Wildman–Crippen MR) is 106 cm³/mol. The second-order valence-electron chi connectivity index (χ2n) is 5.60. The normalized spacial score (nSPS) is 11.6. The van der Waals surface area contributed by atoms with Gasteiger partial charge in [-0.3, -0.25) is 10.1 Å².